The lowest BCUT2D eigenvalue weighted by atomic mass is 9.94. The zero-order valence-corrected chi connectivity index (χ0v) is 57.9. The van der Waals surface area contributed by atoms with Gasteiger partial charge in [-0.15, -0.1) is 0 Å². The molecule has 1 rings (SSSR count). The number of esters is 1. The Morgan fingerprint density at radius 2 is 0.705 bits per heavy atom. The summed E-state index contributed by atoms with van der Waals surface area (Å²) < 4.78 is 5.82. The normalized spacial score (nSPS) is 26.6. The largest absolute Gasteiger partial charge is 0.481 e. The molecule has 7 unspecified atom stereocenters. The number of hydrogen-bond acceptors (Lipinski definition) is 18. The van der Waals surface area contributed by atoms with Gasteiger partial charge in [-0.3, -0.25) is 62.3 Å². The van der Waals surface area contributed by atoms with E-state index >= 15 is 0 Å². The maximum atomic E-state index is 14.4. The Morgan fingerprint density at radius 3 is 1.09 bits per heavy atom. The minimum atomic E-state index is -1.97. The summed E-state index contributed by atoms with van der Waals surface area (Å²) in [6.45, 7) is 21.1. The van der Waals surface area contributed by atoms with Crippen molar-refractivity contribution in [3.63, 3.8) is 0 Å². The van der Waals surface area contributed by atoms with Gasteiger partial charge in [-0.25, -0.2) is 4.79 Å². The third-order valence-electron chi connectivity index (χ3n) is 16.0. The van der Waals surface area contributed by atoms with E-state index in [1.807, 2.05) is 6.92 Å². The van der Waals surface area contributed by atoms with Gasteiger partial charge in [0.2, 0.25) is 65.0 Å². The molecule has 0 aromatic heterocycles. The van der Waals surface area contributed by atoms with E-state index in [0.29, 0.717) is 12.8 Å². The van der Waals surface area contributed by atoms with Crippen molar-refractivity contribution in [2.24, 2.45) is 35.5 Å². The van der Waals surface area contributed by atoms with Crippen molar-refractivity contribution in [3.8, 4) is 0 Å². The van der Waals surface area contributed by atoms with E-state index in [1.165, 1.54) is 0 Å². The first-order valence-electron chi connectivity index (χ1n) is 33.3. The average molecular weight is 1350 g/mol. The number of amides is 11. The van der Waals surface area contributed by atoms with E-state index in [0.717, 1.165) is 26.2 Å². The molecule has 1 saturated heterocycles. The summed E-state index contributed by atoms with van der Waals surface area (Å²) in [7, 11) is 0. The molecule has 16 N–H and O–H groups in total. The zero-order chi connectivity index (χ0) is 72.6. The quantitative estimate of drug-likeness (QED) is 0.0408. The van der Waals surface area contributed by atoms with Gasteiger partial charge >= 0.3 is 17.9 Å². The van der Waals surface area contributed by atoms with Crippen LogP contribution in [-0.2, 0) is 71.9 Å². The summed E-state index contributed by atoms with van der Waals surface area (Å²) in [6.07, 6.45) is -2.22. The Labute approximate surface area is 557 Å². The third-order valence-corrected chi connectivity index (χ3v) is 16.0. The van der Waals surface area contributed by atoms with Crippen LogP contribution in [0.4, 0.5) is 0 Å². The highest BCUT2D eigenvalue weighted by molar-refractivity contribution is 6.00. The number of carboxylic acid groups (broad SMARTS) is 2. The second-order valence-corrected chi connectivity index (χ2v) is 26.6. The molecule has 0 bridgehead atoms. The molecule has 0 aliphatic carbocycles. The Balaban J connectivity index is 4.25. The van der Waals surface area contributed by atoms with Gasteiger partial charge in [0.1, 0.15) is 72.6 Å². The second kappa shape index (κ2) is 43.5. The van der Waals surface area contributed by atoms with Crippen molar-refractivity contribution in [2.45, 2.75) is 272 Å². The number of carbonyl (C=O) groups is 14. The number of carbonyl (C=O) groups excluding carboxylic acids is 12. The van der Waals surface area contributed by atoms with Crippen LogP contribution in [0.5, 0.6) is 0 Å². The predicted octanol–water partition coefficient (Wildman–Crippen LogP) is -0.413. The number of nitrogens with one attached hydrogen (secondary N) is 11. The smallest absolute Gasteiger partial charge is 0.329 e. The summed E-state index contributed by atoms with van der Waals surface area (Å²) in [6, 6.07) is -18.3. The molecule has 1 fully saturated rings. The summed E-state index contributed by atoms with van der Waals surface area (Å²) >= 11 is 0. The van der Waals surface area contributed by atoms with Crippen molar-refractivity contribution in [1.29, 1.82) is 0 Å². The summed E-state index contributed by atoms with van der Waals surface area (Å²) in [5, 5.41) is 78.9. The number of cyclic esters (lactones) is 1. The van der Waals surface area contributed by atoms with Gasteiger partial charge in [0.15, 0.2) is 0 Å². The van der Waals surface area contributed by atoms with Crippen LogP contribution in [0.25, 0.3) is 0 Å². The number of carboxylic acids is 2. The molecule has 31 heteroatoms. The number of ether oxygens (including phenoxy) is 1. The topological polar surface area (TPSA) is 482 Å². The summed E-state index contributed by atoms with van der Waals surface area (Å²) in [5.74, 6) is -18.7. The molecule has 0 radical (unpaired) electrons. The van der Waals surface area contributed by atoms with E-state index < -0.39 is 206 Å². The molecule has 0 aromatic rings. The van der Waals surface area contributed by atoms with Crippen molar-refractivity contribution in [1.82, 2.24) is 58.5 Å². The molecule has 1 heterocycles. The molecule has 15 atom stereocenters. The Hall–Kier alpha value is -7.54. The minimum absolute atomic E-state index is 0.0322. The van der Waals surface area contributed by atoms with E-state index in [1.54, 1.807) is 83.1 Å². The van der Waals surface area contributed by atoms with Gasteiger partial charge in [-0.05, 0) is 81.0 Å². The van der Waals surface area contributed by atoms with Crippen LogP contribution in [0.3, 0.4) is 0 Å². The van der Waals surface area contributed by atoms with Crippen molar-refractivity contribution < 1.29 is 97.4 Å². The van der Waals surface area contributed by atoms with Gasteiger partial charge in [-0.2, -0.15) is 0 Å². The summed E-state index contributed by atoms with van der Waals surface area (Å²) in [4.78, 5) is 195. The molecule has 0 spiro atoms. The highest BCUT2D eigenvalue weighted by Gasteiger charge is 2.40. The number of aliphatic hydroxyl groups is 3. The highest BCUT2D eigenvalue weighted by Crippen LogP contribution is 2.19. The van der Waals surface area contributed by atoms with Gasteiger partial charge in [-0.1, -0.05) is 129 Å². The Morgan fingerprint density at radius 1 is 0.400 bits per heavy atom. The Bertz CT molecular complexity index is 2570. The van der Waals surface area contributed by atoms with Gasteiger partial charge in [0.25, 0.3) is 0 Å². The maximum absolute atomic E-state index is 14.4. The number of hydrogen-bond donors (Lipinski definition) is 16. The zero-order valence-electron chi connectivity index (χ0n) is 57.9. The SMILES string of the molecule is CCCCCCCC1CC(=O)N[C@H](CC(C)C)C(=O)NC(CC(=O)O)C(=O)NC([C@H](C)O)C(=O)NC(CC(C)C)C(=O)N[C@H](CC(C)C)C(=O)N[C@H](CO)C(=O)NC(CC(C)C)C(=O)N[C@H](CO)C(=O)NC([C@@H](C)CC)C(=O)N[C@@H]([C@@H](C)CC)C(=O)NC(CC(=O)O)C(=O)O1. The van der Waals surface area contributed by atoms with E-state index in [-0.39, 0.29) is 68.6 Å². The number of aliphatic hydroxyl groups excluding tert-OH is 3. The first kappa shape index (κ1) is 85.5. The molecule has 1 aliphatic rings. The molecular formula is C64H111N11O20. The van der Waals surface area contributed by atoms with E-state index in [2.05, 4.69) is 58.5 Å². The molecular weight excluding hydrogens is 1240 g/mol. The molecule has 1 aliphatic heterocycles. The standard InChI is InChI=1S/C64H111N11O20/c1-15-18-19-20-21-22-39-27-48(79)65-40(23-32(4)5)54(84)68-44(28-49(80)81)58(88)75-53(38(14)78)63(93)69-43(26-35(10)11)55(85)66-41(24-33(6)7)56(86)71-46(30-76)59(89)67-42(25-34(8)9)57(87)72-47(31-77)60(90)73-52(37(13)17-3)62(92)74-51(36(12)16-2)61(91)70-45(29-50(82)83)64(94)95-39/h32-47,51-53,76-78H,15-31H2,1-14H3,(H,65,79)(H,66,85)(H,67,89)(H,68,84)(H,69,93)(H,70,91)(H,71,86)(H,72,87)(H,73,90)(H,74,92)(H,75,88)(H,80,81)(H,82,83)/t36-,37-,38-,39?,40+,41+,42?,43?,44?,45?,46+,47+,51-,52?,53?/m0/s1. The van der Waals surface area contributed by atoms with Crippen molar-refractivity contribution >= 4 is 82.9 Å². The fourth-order valence-electron chi connectivity index (χ4n) is 10.3. The fourth-order valence-corrected chi connectivity index (χ4v) is 10.3. The average Bonchev–Trinajstić information content (AvgIpc) is 0.886. The maximum Gasteiger partial charge on any atom is 0.329 e. The highest BCUT2D eigenvalue weighted by atomic mass is 16.5. The summed E-state index contributed by atoms with van der Waals surface area (Å²) in [5.41, 5.74) is 0. The van der Waals surface area contributed by atoms with E-state index in [9.17, 15) is 92.7 Å². The Kier molecular flexibility index (Phi) is 39.2. The monoisotopic (exact) mass is 1350 g/mol. The van der Waals surface area contributed by atoms with Crippen LogP contribution in [0.1, 0.15) is 193 Å². The minimum Gasteiger partial charge on any atom is -0.481 e. The van der Waals surface area contributed by atoms with Gasteiger partial charge in [0, 0.05) is 0 Å². The predicted molar refractivity (Wildman–Crippen MR) is 346 cm³/mol. The molecule has 31 nitrogen and oxygen atoms in total. The first-order chi connectivity index (χ1) is 44.4. The van der Waals surface area contributed by atoms with Crippen LogP contribution in [0.15, 0.2) is 0 Å². The molecule has 11 amide bonds. The second-order valence-electron chi connectivity index (χ2n) is 26.6. The lowest BCUT2D eigenvalue weighted by Gasteiger charge is -2.31. The van der Waals surface area contributed by atoms with Gasteiger partial charge < -0.3 is 88.8 Å². The van der Waals surface area contributed by atoms with Crippen LogP contribution in [0, 0.1) is 35.5 Å². The van der Waals surface area contributed by atoms with Crippen molar-refractivity contribution in [2.75, 3.05) is 13.2 Å². The molecule has 0 saturated carbocycles. The van der Waals surface area contributed by atoms with Gasteiger partial charge in [0.05, 0.1) is 38.6 Å². The first-order valence-corrected chi connectivity index (χ1v) is 33.3. The number of rotatable bonds is 25. The number of aliphatic carboxylic acids is 2. The van der Waals surface area contributed by atoms with Crippen molar-refractivity contribution in [3.05, 3.63) is 0 Å². The van der Waals surface area contributed by atoms with E-state index in [4.69, 9.17) is 4.74 Å². The lowest BCUT2D eigenvalue weighted by molar-refractivity contribution is -0.158. The van der Waals surface area contributed by atoms with Crippen LogP contribution in [0.2, 0.25) is 0 Å². The lowest BCUT2D eigenvalue weighted by Crippen LogP contribution is -2.62. The molecule has 0 aromatic carbocycles. The third kappa shape index (κ3) is 31.7. The van der Waals surface area contributed by atoms with Crippen LogP contribution < -0.4 is 58.5 Å². The number of unbranched alkanes of at least 4 members (excludes halogenated alkanes) is 4. The molecule has 542 valence electrons. The molecule has 95 heavy (non-hydrogen) atoms. The fraction of sp³-hybridized carbons (Fsp3) is 0.781. The van der Waals surface area contributed by atoms with Crippen LogP contribution in [-0.4, -0.2) is 200 Å². The van der Waals surface area contributed by atoms with Crippen LogP contribution >= 0.6 is 0 Å².